The monoisotopic (exact) mass is 498 g/mol. The van der Waals surface area contributed by atoms with E-state index in [1.54, 1.807) is 0 Å². The van der Waals surface area contributed by atoms with Crippen LogP contribution in [0.5, 0.6) is 0 Å². The van der Waals surface area contributed by atoms with Crippen molar-refractivity contribution >= 4 is 54.6 Å². The summed E-state index contributed by atoms with van der Waals surface area (Å²) in [4.78, 5) is 0. The number of furan rings is 1. The van der Waals surface area contributed by atoms with Gasteiger partial charge in [0.2, 0.25) is 0 Å². The summed E-state index contributed by atoms with van der Waals surface area (Å²) >= 11 is 0. The molecule has 0 saturated heterocycles. The van der Waals surface area contributed by atoms with Crippen LogP contribution in [0.2, 0.25) is 0 Å². The Kier molecular flexibility index (Phi) is 5.03. The van der Waals surface area contributed by atoms with Crippen LogP contribution in [0.4, 0.5) is 0 Å². The van der Waals surface area contributed by atoms with Crippen LogP contribution < -0.4 is 0 Å². The van der Waals surface area contributed by atoms with E-state index < -0.39 is 0 Å². The fourth-order valence-electron chi connectivity index (χ4n) is 6.47. The first-order chi connectivity index (χ1) is 19.4. The zero-order valence-electron chi connectivity index (χ0n) is 21.5. The Hall–Kier alpha value is -4.88. The van der Waals surface area contributed by atoms with Gasteiger partial charge in [-0.05, 0) is 79.9 Å². The lowest BCUT2D eigenvalue weighted by Gasteiger charge is -2.21. The van der Waals surface area contributed by atoms with Crippen molar-refractivity contribution in [3.05, 3.63) is 145 Å². The molecule has 0 bridgehead atoms. The van der Waals surface area contributed by atoms with Gasteiger partial charge in [-0.2, -0.15) is 0 Å². The zero-order valence-corrected chi connectivity index (χ0v) is 21.5. The predicted molar refractivity (Wildman–Crippen MR) is 166 cm³/mol. The summed E-state index contributed by atoms with van der Waals surface area (Å²) in [6.45, 7) is 0. The summed E-state index contributed by atoms with van der Waals surface area (Å²) in [6, 6.07) is 43.5. The fraction of sp³-hybridized carbons (Fsp3) is 0.0526. The van der Waals surface area contributed by atoms with Gasteiger partial charge in [0.25, 0.3) is 0 Å². The van der Waals surface area contributed by atoms with Crippen LogP contribution in [0.15, 0.2) is 138 Å². The molecule has 184 valence electrons. The first-order valence-electron chi connectivity index (χ1n) is 13.7. The van der Waals surface area contributed by atoms with Crippen LogP contribution in [0.3, 0.4) is 0 Å². The van der Waals surface area contributed by atoms with E-state index in [4.69, 9.17) is 4.42 Å². The number of para-hydroxylation sites is 1. The molecule has 0 saturated carbocycles. The molecule has 0 aliphatic heterocycles. The van der Waals surface area contributed by atoms with Gasteiger partial charge < -0.3 is 4.42 Å². The average molecular weight is 499 g/mol. The van der Waals surface area contributed by atoms with Gasteiger partial charge in [0.05, 0.1) is 0 Å². The van der Waals surface area contributed by atoms with E-state index in [0.717, 1.165) is 29.4 Å². The smallest absolute Gasteiger partial charge is 0.136 e. The van der Waals surface area contributed by atoms with Crippen molar-refractivity contribution in [3.63, 3.8) is 0 Å². The molecule has 1 heteroatoms. The molecule has 0 radical (unpaired) electrons. The second-order valence-corrected chi connectivity index (χ2v) is 10.4. The van der Waals surface area contributed by atoms with Gasteiger partial charge in [-0.1, -0.05) is 121 Å². The van der Waals surface area contributed by atoms with E-state index in [-0.39, 0.29) is 0 Å². The maximum absolute atomic E-state index is 6.29. The lowest BCUT2D eigenvalue weighted by Crippen LogP contribution is -1.97. The third-order valence-corrected chi connectivity index (χ3v) is 8.14. The summed E-state index contributed by atoms with van der Waals surface area (Å²) in [6.07, 6.45) is 6.94. The highest BCUT2D eigenvalue weighted by atomic mass is 16.3. The third kappa shape index (κ3) is 3.47. The van der Waals surface area contributed by atoms with Gasteiger partial charge in [0.1, 0.15) is 11.2 Å². The van der Waals surface area contributed by atoms with Crippen molar-refractivity contribution < 1.29 is 4.42 Å². The Morgan fingerprint density at radius 3 is 1.79 bits per heavy atom. The van der Waals surface area contributed by atoms with E-state index in [0.29, 0.717) is 0 Å². The maximum atomic E-state index is 6.29. The Balaban J connectivity index is 1.47. The fourth-order valence-corrected chi connectivity index (χ4v) is 6.47. The lowest BCUT2D eigenvalue weighted by molar-refractivity contribution is 0.669. The standard InChI is InChI=1S/C38H26O/c1-2-12-25(13-3-1)26-14-10-15-27(24-26)36-28-16-4-6-18-30(28)37(31-19-7-5-17-29(31)36)33-21-11-23-35-38(33)32-20-8-9-22-34(32)39-35/h1-9,11-13,15-24H,10,14H2. The SMILES string of the molecule is C1=C(c2ccccc2)CCC=C1c1c2ccccc2c(-c2cccc3oc4ccccc4c23)c2ccccc12. The van der Waals surface area contributed by atoms with Crippen molar-refractivity contribution in [2.75, 3.05) is 0 Å². The molecule has 0 spiro atoms. The Labute approximate surface area is 227 Å². The van der Waals surface area contributed by atoms with Crippen LogP contribution in [0, 0.1) is 0 Å². The average Bonchev–Trinajstić information content (AvgIpc) is 3.39. The van der Waals surface area contributed by atoms with Gasteiger partial charge in [-0.15, -0.1) is 0 Å². The molecule has 8 rings (SSSR count). The van der Waals surface area contributed by atoms with Crippen LogP contribution >= 0.6 is 0 Å². The van der Waals surface area contributed by atoms with E-state index in [1.165, 1.54) is 60.3 Å². The van der Waals surface area contributed by atoms with Crippen molar-refractivity contribution in [2.45, 2.75) is 12.8 Å². The van der Waals surface area contributed by atoms with E-state index in [9.17, 15) is 0 Å². The normalized spacial score (nSPS) is 13.7. The Morgan fingerprint density at radius 2 is 1.08 bits per heavy atom. The highest BCUT2D eigenvalue weighted by Crippen LogP contribution is 2.46. The topological polar surface area (TPSA) is 13.1 Å². The van der Waals surface area contributed by atoms with Crippen LogP contribution in [-0.2, 0) is 0 Å². The van der Waals surface area contributed by atoms with Crippen molar-refractivity contribution in [1.82, 2.24) is 0 Å². The minimum Gasteiger partial charge on any atom is -0.456 e. The Morgan fingerprint density at radius 1 is 0.487 bits per heavy atom. The van der Waals surface area contributed by atoms with Crippen molar-refractivity contribution in [1.29, 1.82) is 0 Å². The highest BCUT2D eigenvalue weighted by Gasteiger charge is 2.21. The molecule has 1 aliphatic rings. The Bertz CT molecular complexity index is 2050. The summed E-state index contributed by atoms with van der Waals surface area (Å²) in [7, 11) is 0. The van der Waals surface area contributed by atoms with Gasteiger partial charge in [-0.25, -0.2) is 0 Å². The minimum absolute atomic E-state index is 0.927. The summed E-state index contributed by atoms with van der Waals surface area (Å²) in [5.74, 6) is 0. The van der Waals surface area contributed by atoms with Crippen LogP contribution in [0.25, 0.3) is 65.8 Å². The number of allylic oxidation sites excluding steroid dienone is 4. The first-order valence-corrected chi connectivity index (χ1v) is 13.7. The molecule has 6 aromatic carbocycles. The number of rotatable bonds is 3. The molecule has 1 aliphatic carbocycles. The second-order valence-electron chi connectivity index (χ2n) is 10.4. The first kappa shape index (κ1) is 22.1. The molecule has 1 heterocycles. The molecule has 0 amide bonds. The highest BCUT2D eigenvalue weighted by molar-refractivity contribution is 6.24. The molecule has 0 unspecified atom stereocenters. The van der Waals surface area contributed by atoms with Crippen LogP contribution in [0.1, 0.15) is 24.0 Å². The lowest BCUT2D eigenvalue weighted by atomic mass is 9.82. The van der Waals surface area contributed by atoms with E-state index >= 15 is 0 Å². The number of hydrogen-bond donors (Lipinski definition) is 0. The summed E-state index contributed by atoms with van der Waals surface area (Å²) in [5.41, 5.74) is 9.69. The molecule has 39 heavy (non-hydrogen) atoms. The van der Waals surface area contributed by atoms with Gasteiger partial charge in [0.15, 0.2) is 0 Å². The minimum atomic E-state index is 0.927. The van der Waals surface area contributed by atoms with Crippen molar-refractivity contribution in [3.8, 4) is 11.1 Å². The molecule has 0 atom stereocenters. The molecule has 1 aromatic heterocycles. The predicted octanol–water partition coefficient (Wildman–Crippen LogP) is 10.8. The van der Waals surface area contributed by atoms with Gasteiger partial charge in [0, 0.05) is 10.8 Å². The van der Waals surface area contributed by atoms with Gasteiger partial charge in [-0.3, -0.25) is 0 Å². The molecule has 1 nitrogen and oxygen atoms in total. The molecular weight excluding hydrogens is 472 g/mol. The van der Waals surface area contributed by atoms with Crippen molar-refractivity contribution in [2.24, 2.45) is 0 Å². The number of fused-ring (bicyclic) bond motifs is 5. The summed E-state index contributed by atoms with van der Waals surface area (Å²) in [5, 5.41) is 7.45. The second kappa shape index (κ2) is 8.85. The molecular formula is C38H26O. The summed E-state index contributed by atoms with van der Waals surface area (Å²) < 4.78 is 6.29. The van der Waals surface area contributed by atoms with Crippen LogP contribution in [-0.4, -0.2) is 0 Å². The largest absolute Gasteiger partial charge is 0.456 e. The van der Waals surface area contributed by atoms with E-state index in [1.807, 2.05) is 6.07 Å². The molecule has 0 N–H and O–H groups in total. The van der Waals surface area contributed by atoms with E-state index in [2.05, 4.69) is 127 Å². The number of benzene rings is 6. The quantitative estimate of drug-likeness (QED) is 0.221. The third-order valence-electron chi connectivity index (χ3n) is 8.14. The van der Waals surface area contributed by atoms with Gasteiger partial charge >= 0.3 is 0 Å². The number of hydrogen-bond acceptors (Lipinski definition) is 1. The molecule has 7 aromatic rings. The maximum Gasteiger partial charge on any atom is 0.136 e. The zero-order chi connectivity index (χ0) is 25.8. The molecule has 0 fully saturated rings.